The predicted octanol–water partition coefficient (Wildman–Crippen LogP) is 0.939. The predicted molar refractivity (Wildman–Crippen MR) is 59.4 cm³/mol. The molecule has 1 atom stereocenters. The molecule has 1 amide bonds. The maximum Gasteiger partial charge on any atom is 0.240 e. The third-order valence-corrected chi connectivity index (χ3v) is 3.03. The van der Waals surface area contributed by atoms with Crippen molar-refractivity contribution in [2.24, 2.45) is 0 Å². The normalized spacial score (nSPS) is 20.9. The molecule has 1 aliphatic rings. The molecule has 1 saturated heterocycles. The van der Waals surface area contributed by atoms with Gasteiger partial charge in [0.2, 0.25) is 5.91 Å². The lowest BCUT2D eigenvalue weighted by Gasteiger charge is -2.21. The Morgan fingerprint density at radius 2 is 2.15 bits per heavy atom. The van der Waals surface area contributed by atoms with Gasteiger partial charge in [0, 0.05) is 24.7 Å². The van der Waals surface area contributed by atoms with Crippen LogP contribution in [0, 0.1) is 0 Å². The van der Waals surface area contributed by atoms with E-state index < -0.39 is 0 Å². The molecule has 1 fully saturated rings. The Kier molecular flexibility index (Phi) is 6.55. The SMILES string of the molecule is CCN(CC)C(=O)C1CSCN1.Cl. The van der Waals surface area contributed by atoms with E-state index in [0.29, 0.717) is 0 Å². The molecule has 0 radical (unpaired) electrons. The fraction of sp³-hybridized carbons (Fsp3) is 0.875. The molecule has 0 aromatic carbocycles. The van der Waals surface area contributed by atoms with Crippen molar-refractivity contribution in [2.45, 2.75) is 19.9 Å². The Bertz CT molecular complexity index is 154. The van der Waals surface area contributed by atoms with Crippen LogP contribution in [0.2, 0.25) is 0 Å². The molecule has 0 aliphatic carbocycles. The van der Waals surface area contributed by atoms with Crippen molar-refractivity contribution in [3.8, 4) is 0 Å². The van der Waals surface area contributed by atoms with Crippen LogP contribution < -0.4 is 5.32 Å². The molecular weight excluding hydrogens is 208 g/mol. The first kappa shape index (κ1) is 13.1. The summed E-state index contributed by atoms with van der Waals surface area (Å²) in [7, 11) is 0. The Balaban J connectivity index is 0.00000144. The molecule has 0 saturated carbocycles. The number of rotatable bonds is 3. The molecule has 0 spiro atoms. The number of hydrogen-bond acceptors (Lipinski definition) is 3. The van der Waals surface area contributed by atoms with E-state index >= 15 is 0 Å². The van der Waals surface area contributed by atoms with Gasteiger partial charge in [-0.25, -0.2) is 0 Å². The van der Waals surface area contributed by atoms with Crippen LogP contribution in [-0.2, 0) is 4.79 Å². The van der Waals surface area contributed by atoms with E-state index in [2.05, 4.69) is 5.32 Å². The minimum Gasteiger partial charge on any atom is -0.342 e. The molecule has 1 N–H and O–H groups in total. The van der Waals surface area contributed by atoms with Crippen molar-refractivity contribution in [3.05, 3.63) is 0 Å². The van der Waals surface area contributed by atoms with Crippen LogP contribution in [0.4, 0.5) is 0 Å². The van der Waals surface area contributed by atoms with E-state index in [-0.39, 0.29) is 24.4 Å². The van der Waals surface area contributed by atoms with Crippen molar-refractivity contribution >= 4 is 30.1 Å². The van der Waals surface area contributed by atoms with Crippen molar-refractivity contribution in [1.82, 2.24) is 10.2 Å². The Hall–Kier alpha value is 0.0700. The first-order chi connectivity index (χ1) is 5.79. The maximum absolute atomic E-state index is 11.7. The molecule has 0 bridgehead atoms. The zero-order chi connectivity index (χ0) is 8.97. The second-order valence-electron chi connectivity index (χ2n) is 2.78. The molecule has 1 rings (SSSR count). The first-order valence-electron chi connectivity index (χ1n) is 4.39. The van der Waals surface area contributed by atoms with Gasteiger partial charge >= 0.3 is 0 Å². The van der Waals surface area contributed by atoms with Crippen molar-refractivity contribution in [2.75, 3.05) is 24.7 Å². The zero-order valence-corrected chi connectivity index (χ0v) is 9.71. The Labute approximate surface area is 90.0 Å². The molecule has 0 aromatic heterocycles. The minimum atomic E-state index is 0. The topological polar surface area (TPSA) is 32.3 Å². The van der Waals surface area contributed by atoms with Crippen LogP contribution in [0.5, 0.6) is 0 Å². The maximum atomic E-state index is 11.7. The number of hydrogen-bond donors (Lipinski definition) is 1. The average Bonchev–Trinajstić information content (AvgIpc) is 2.58. The molecule has 1 heterocycles. The zero-order valence-electron chi connectivity index (χ0n) is 8.08. The summed E-state index contributed by atoms with van der Waals surface area (Å²) < 4.78 is 0. The molecule has 1 unspecified atom stereocenters. The van der Waals surface area contributed by atoms with Crippen LogP contribution >= 0.6 is 24.2 Å². The fourth-order valence-electron chi connectivity index (χ4n) is 1.31. The minimum absolute atomic E-state index is 0. The molecule has 1 aliphatic heterocycles. The van der Waals surface area contributed by atoms with Gasteiger partial charge in [0.1, 0.15) is 0 Å². The molecule has 3 nitrogen and oxygen atoms in total. The van der Waals surface area contributed by atoms with Gasteiger partial charge in [-0.15, -0.1) is 24.2 Å². The van der Waals surface area contributed by atoms with Crippen molar-refractivity contribution in [3.63, 3.8) is 0 Å². The standard InChI is InChI=1S/C8H16N2OS.ClH/c1-3-10(4-2)8(11)7-5-12-6-9-7;/h7,9H,3-6H2,1-2H3;1H. The lowest BCUT2D eigenvalue weighted by Crippen LogP contribution is -2.44. The number of halogens is 1. The van der Waals surface area contributed by atoms with E-state index in [1.165, 1.54) is 0 Å². The summed E-state index contributed by atoms with van der Waals surface area (Å²) in [5, 5.41) is 3.18. The highest BCUT2D eigenvalue weighted by Crippen LogP contribution is 2.11. The van der Waals surface area contributed by atoms with Gasteiger partial charge in [-0.2, -0.15) is 0 Å². The van der Waals surface area contributed by atoms with Gasteiger partial charge in [0.05, 0.1) is 6.04 Å². The smallest absolute Gasteiger partial charge is 0.240 e. The lowest BCUT2D eigenvalue weighted by molar-refractivity contribution is -0.132. The van der Waals surface area contributed by atoms with E-state index in [4.69, 9.17) is 0 Å². The average molecular weight is 225 g/mol. The number of amides is 1. The van der Waals surface area contributed by atoms with Crippen LogP contribution in [-0.4, -0.2) is 41.6 Å². The molecule has 13 heavy (non-hydrogen) atoms. The van der Waals surface area contributed by atoms with Gasteiger partial charge in [-0.3, -0.25) is 10.1 Å². The van der Waals surface area contributed by atoms with Gasteiger partial charge in [0.25, 0.3) is 0 Å². The number of likely N-dealkylation sites (N-methyl/N-ethyl adjacent to an activating group) is 1. The van der Waals surface area contributed by atoms with Crippen molar-refractivity contribution in [1.29, 1.82) is 0 Å². The lowest BCUT2D eigenvalue weighted by atomic mass is 10.3. The monoisotopic (exact) mass is 224 g/mol. The largest absolute Gasteiger partial charge is 0.342 e. The van der Waals surface area contributed by atoms with Gasteiger partial charge in [-0.05, 0) is 13.8 Å². The highest BCUT2D eigenvalue weighted by Gasteiger charge is 2.25. The van der Waals surface area contributed by atoms with E-state index in [9.17, 15) is 4.79 Å². The number of carbonyl (C=O) groups is 1. The summed E-state index contributed by atoms with van der Waals surface area (Å²) in [5.74, 6) is 2.09. The molecule has 0 aromatic rings. The van der Waals surface area contributed by atoms with Gasteiger partial charge < -0.3 is 4.90 Å². The van der Waals surface area contributed by atoms with Crippen molar-refractivity contribution < 1.29 is 4.79 Å². The third kappa shape index (κ3) is 3.37. The second-order valence-corrected chi connectivity index (χ2v) is 3.81. The highest BCUT2D eigenvalue weighted by atomic mass is 35.5. The summed E-state index contributed by atoms with van der Waals surface area (Å²) in [6.07, 6.45) is 0. The number of thioether (sulfide) groups is 1. The van der Waals surface area contributed by atoms with E-state index in [0.717, 1.165) is 24.7 Å². The number of carbonyl (C=O) groups excluding carboxylic acids is 1. The number of nitrogens with zero attached hydrogens (tertiary/aromatic N) is 1. The third-order valence-electron chi connectivity index (χ3n) is 2.09. The highest BCUT2D eigenvalue weighted by molar-refractivity contribution is 7.99. The quantitative estimate of drug-likeness (QED) is 0.775. The summed E-state index contributed by atoms with van der Waals surface area (Å²) in [6.45, 7) is 5.67. The Morgan fingerprint density at radius 3 is 2.54 bits per heavy atom. The van der Waals surface area contributed by atoms with Crippen LogP contribution in [0.15, 0.2) is 0 Å². The van der Waals surface area contributed by atoms with Gasteiger partial charge in [-0.1, -0.05) is 0 Å². The summed E-state index contributed by atoms with van der Waals surface area (Å²) in [5.41, 5.74) is 0. The summed E-state index contributed by atoms with van der Waals surface area (Å²) in [6, 6.07) is 0.0647. The molecule has 78 valence electrons. The van der Waals surface area contributed by atoms with Crippen LogP contribution in [0.25, 0.3) is 0 Å². The van der Waals surface area contributed by atoms with Crippen LogP contribution in [0.3, 0.4) is 0 Å². The molecular formula is C8H17ClN2OS. The van der Waals surface area contributed by atoms with Gasteiger partial charge in [0.15, 0.2) is 0 Å². The first-order valence-corrected chi connectivity index (χ1v) is 5.55. The Morgan fingerprint density at radius 1 is 1.54 bits per heavy atom. The number of nitrogens with one attached hydrogen (secondary N) is 1. The second kappa shape index (κ2) is 6.51. The van der Waals surface area contributed by atoms with Crippen LogP contribution in [0.1, 0.15) is 13.8 Å². The summed E-state index contributed by atoms with van der Waals surface area (Å²) in [4.78, 5) is 13.5. The molecule has 5 heteroatoms. The fourth-order valence-corrected chi connectivity index (χ4v) is 2.24. The summed E-state index contributed by atoms with van der Waals surface area (Å²) >= 11 is 1.79. The van der Waals surface area contributed by atoms with E-state index in [1.54, 1.807) is 11.8 Å². The van der Waals surface area contributed by atoms with E-state index in [1.807, 2.05) is 18.7 Å².